The van der Waals surface area contributed by atoms with E-state index >= 15 is 0 Å². The second-order valence-corrected chi connectivity index (χ2v) is 14.8. The molecule has 0 aromatic heterocycles. The van der Waals surface area contributed by atoms with Crippen molar-refractivity contribution in [1.29, 1.82) is 0 Å². The second-order valence-electron chi connectivity index (χ2n) is 14.8. The fourth-order valence-corrected chi connectivity index (χ4v) is 10.6. The number of ketones is 1. The summed E-state index contributed by atoms with van der Waals surface area (Å²) < 4.78 is 0. The van der Waals surface area contributed by atoms with E-state index in [0.29, 0.717) is 23.0 Å². The molecule has 0 heterocycles. The number of allylic oxidation sites excluding steroid dienone is 1. The van der Waals surface area contributed by atoms with Gasteiger partial charge in [-0.15, -0.1) is 0 Å². The van der Waals surface area contributed by atoms with E-state index in [1.807, 2.05) is 0 Å². The van der Waals surface area contributed by atoms with Crippen LogP contribution < -0.4 is 0 Å². The zero-order chi connectivity index (χ0) is 23.5. The van der Waals surface area contributed by atoms with E-state index in [1.165, 1.54) is 44.1 Å². The molecule has 0 spiro atoms. The fraction of sp³-hybridized carbons (Fsp3) is 0.900. The van der Waals surface area contributed by atoms with Crippen molar-refractivity contribution >= 4 is 5.78 Å². The number of carbonyl (C=O) groups excluding carboxylic acids is 1. The third kappa shape index (κ3) is 2.49. The van der Waals surface area contributed by atoms with Crippen molar-refractivity contribution < 1.29 is 9.90 Å². The summed E-state index contributed by atoms with van der Waals surface area (Å²) in [6.07, 6.45) is 11.0. The van der Waals surface area contributed by atoms with Gasteiger partial charge in [0.2, 0.25) is 0 Å². The zero-order valence-corrected chi connectivity index (χ0v) is 22.2. The summed E-state index contributed by atoms with van der Waals surface area (Å²) in [5.41, 5.74) is 3.86. The lowest BCUT2D eigenvalue weighted by Gasteiger charge is -2.71. The summed E-state index contributed by atoms with van der Waals surface area (Å²) in [5, 5.41) is 11.8. The molecule has 7 atom stereocenters. The summed E-state index contributed by atoms with van der Waals surface area (Å²) >= 11 is 0. The second kappa shape index (κ2) is 6.52. The van der Waals surface area contributed by atoms with Crippen LogP contribution in [0.25, 0.3) is 0 Å². The molecule has 3 saturated carbocycles. The Morgan fingerprint density at radius 3 is 2.16 bits per heavy atom. The highest BCUT2D eigenvalue weighted by atomic mass is 16.3. The molecule has 1 N–H and O–H groups in total. The first-order valence-corrected chi connectivity index (χ1v) is 13.6. The van der Waals surface area contributed by atoms with Gasteiger partial charge in [0.1, 0.15) is 5.78 Å². The largest absolute Gasteiger partial charge is 0.389 e. The van der Waals surface area contributed by atoms with Gasteiger partial charge in [-0.3, -0.25) is 4.79 Å². The van der Waals surface area contributed by atoms with Crippen molar-refractivity contribution in [3.8, 4) is 0 Å². The molecule has 0 saturated heterocycles. The van der Waals surface area contributed by atoms with Crippen LogP contribution in [0, 0.1) is 44.3 Å². The van der Waals surface area contributed by atoms with Crippen LogP contribution >= 0.6 is 0 Å². The van der Waals surface area contributed by atoms with Gasteiger partial charge in [-0.25, -0.2) is 0 Å². The molecular formula is C30H48O2. The van der Waals surface area contributed by atoms with E-state index in [2.05, 4.69) is 55.4 Å². The first-order valence-electron chi connectivity index (χ1n) is 13.6. The van der Waals surface area contributed by atoms with Gasteiger partial charge in [0.15, 0.2) is 0 Å². The third-order valence-corrected chi connectivity index (χ3v) is 13.3. The minimum atomic E-state index is -0.376. The van der Waals surface area contributed by atoms with Gasteiger partial charge in [-0.2, -0.15) is 0 Å². The molecule has 5 aliphatic rings. The van der Waals surface area contributed by atoms with Crippen molar-refractivity contribution in [3.05, 3.63) is 11.1 Å². The van der Waals surface area contributed by atoms with Crippen LogP contribution in [0.4, 0.5) is 0 Å². The minimum absolute atomic E-state index is 0.0723. The van der Waals surface area contributed by atoms with Gasteiger partial charge in [0, 0.05) is 11.8 Å². The Morgan fingerprint density at radius 2 is 1.47 bits per heavy atom. The van der Waals surface area contributed by atoms with Gasteiger partial charge < -0.3 is 5.11 Å². The van der Waals surface area contributed by atoms with E-state index < -0.39 is 0 Å². The molecule has 2 heteroatoms. The lowest BCUT2D eigenvalue weighted by atomic mass is 9.33. The van der Waals surface area contributed by atoms with Crippen LogP contribution in [0.5, 0.6) is 0 Å². The highest BCUT2D eigenvalue weighted by Gasteiger charge is 2.68. The van der Waals surface area contributed by atoms with Crippen LogP contribution in [0.1, 0.15) is 120 Å². The molecule has 0 aliphatic heterocycles. The number of fused-ring (bicyclic) bond motifs is 6. The van der Waals surface area contributed by atoms with Crippen molar-refractivity contribution in [2.45, 2.75) is 126 Å². The number of aliphatic hydroxyl groups excluding tert-OH is 1. The van der Waals surface area contributed by atoms with Gasteiger partial charge in [0.05, 0.1) is 6.10 Å². The van der Waals surface area contributed by atoms with E-state index in [9.17, 15) is 9.90 Å². The normalized spacial score (nSPS) is 51.9. The van der Waals surface area contributed by atoms with Crippen LogP contribution in [0.15, 0.2) is 11.1 Å². The Hall–Kier alpha value is -0.630. The van der Waals surface area contributed by atoms with Crippen molar-refractivity contribution in [1.82, 2.24) is 0 Å². The lowest BCUT2D eigenvalue weighted by molar-refractivity contribution is -0.183. The van der Waals surface area contributed by atoms with Crippen LogP contribution in [-0.4, -0.2) is 17.0 Å². The Morgan fingerprint density at radius 1 is 0.781 bits per heavy atom. The smallest absolute Gasteiger partial charge is 0.138 e. The average Bonchev–Trinajstić information content (AvgIpc) is 2.70. The fourth-order valence-electron chi connectivity index (χ4n) is 10.6. The summed E-state index contributed by atoms with van der Waals surface area (Å²) in [5.74, 6) is 1.40. The van der Waals surface area contributed by atoms with Crippen molar-refractivity contribution in [3.63, 3.8) is 0 Å². The molecule has 180 valence electrons. The number of hydrogen-bond acceptors (Lipinski definition) is 2. The number of carbonyl (C=O) groups is 1. The first kappa shape index (κ1) is 23.1. The Bertz CT molecular complexity index is 879. The highest BCUT2D eigenvalue weighted by molar-refractivity contribution is 5.85. The maximum atomic E-state index is 12.9. The summed E-state index contributed by atoms with van der Waals surface area (Å²) in [7, 11) is 0. The lowest BCUT2D eigenvalue weighted by Crippen LogP contribution is -2.64. The molecule has 0 amide bonds. The minimum Gasteiger partial charge on any atom is -0.389 e. The Labute approximate surface area is 197 Å². The maximum Gasteiger partial charge on any atom is 0.138 e. The molecule has 0 bridgehead atoms. The van der Waals surface area contributed by atoms with Crippen LogP contribution in [0.3, 0.4) is 0 Å². The topological polar surface area (TPSA) is 37.3 Å². The molecule has 0 aromatic rings. The third-order valence-electron chi connectivity index (χ3n) is 13.3. The summed E-state index contributed by atoms with van der Waals surface area (Å²) in [6, 6.07) is 0. The van der Waals surface area contributed by atoms with E-state index in [1.54, 1.807) is 5.57 Å². The van der Waals surface area contributed by atoms with Gasteiger partial charge in [0.25, 0.3) is 0 Å². The monoisotopic (exact) mass is 440 g/mol. The SMILES string of the molecule is CC1(C)C(=O)CC[C@]2(C)C3=C([C@H](O)C[C@@H]12)[C@@]1(C)CC[C@@]2(C)[C@@H](CCCC2(C)C)[C@]1(C)CC3. The first-order chi connectivity index (χ1) is 14.7. The average molecular weight is 441 g/mol. The zero-order valence-electron chi connectivity index (χ0n) is 22.2. The van der Waals surface area contributed by atoms with Crippen LogP contribution in [-0.2, 0) is 4.79 Å². The van der Waals surface area contributed by atoms with Crippen molar-refractivity contribution in [2.75, 3.05) is 0 Å². The molecule has 5 aliphatic carbocycles. The quantitative estimate of drug-likeness (QED) is 0.396. The van der Waals surface area contributed by atoms with Gasteiger partial charge in [-0.1, -0.05) is 67.4 Å². The number of rotatable bonds is 0. The molecule has 0 unspecified atom stereocenters. The predicted octanol–water partition coefficient (Wildman–Crippen LogP) is 7.49. The van der Waals surface area contributed by atoms with E-state index in [0.717, 1.165) is 25.2 Å². The molecule has 32 heavy (non-hydrogen) atoms. The van der Waals surface area contributed by atoms with E-state index in [-0.39, 0.29) is 33.7 Å². The highest BCUT2D eigenvalue weighted by Crippen LogP contribution is 2.76. The Balaban J connectivity index is 1.64. The number of hydrogen-bond donors (Lipinski definition) is 1. The molecule has 0 aromatic carbocycles. The maximum absolute atomic E-state index is 12.9. The molecule has 0 radical (unpaired) electrons. The summed E-state index contributed by atoms with van der Waals surface area (Å²) in [6.45, 7) is 19.6. The van der Waals surface area contributed by atoms with Crippen molar-refractivity contribution in [2.24, 2.45) is 44.3 Å². The molecule has 3 fully saturated rings. The molecule has 2 nitrogen and oxygen atoms in total. The standard InChI is InChI=1S/C30H48O2/c1-25(2)13-9-10-21-28(25,6)16-17-30(8)24-19(11-15-29(21,30)7)27(5)14-12-23(32)26(3,4)22(27)18-20(24)31/h20-22,31H,9-18H2,1-8H3/t20-,21-,22+,27-,28+,29+,30-/m1/s1. The Kier molecular flexibility index (Phi) is 4.71. The number of aliphatic hydroxyl groups is 1. The summed E-state index contributed by atoms with van der Waals surface area (Å²) in [4.78, 5) is 12.9. The molecule has 5 rings (SSSR count). The van der Waals surface area contributed by atoms with Gasteiger partial charge >= 0.3 is 0 Å². The molecular weight excluding hydrogens is 392 g/mol. The van der Waals surface area contributed by atoms with E-state index in [4.69, 9.17) is 0 Å². The van der Waals surface area contributed by atoms with Gasteiger partial charge in [-0.05, 0) is 95.9 Å². The van der Waals surface area contributed by atoms with Crippen LogP contribution in [0.2, 0.25) is 0 Å². The number of Topliss-reactive ketones (excluding diaryl/α,β-unsaturated/α-hetero) is 1. The predicted molar refractivity (Wildman–Crippen MR) is 131 cm³/mol.